The van der Waals surface area contributed by atoms with E-state index < -0.39 is 4.92 Å². The Morgan fingerprint density at radius 1 is 1.12 bits per heavy atom. The highest BCUT2D eigenvalue weighted by molar-refractivity contribution is 5.86. The summed E-state index contributed by atoms with van der Waals surface area (Å²) >= 11 is 0. The van der Waals surface area contributed by atoms with Crippen LogP contribution >= 0.6 is 0 Å². The molecule has 3 rings (SSSR count). The number of carbonyl (C=O) groups is 1. The standard InChI is InChI=1S/C18H17N3O3/c1-18(2,3)13-6-4-12(5-7-13)17-15(11-22)20-10-14(21(23)24)8-9-16(20)19-17/h4-11H,1-3H3. The summed E-state index contributed by atoms with van der Waals surface area (Å²) in [6.07, 6.45) is 2.00. The van der Waals surface area contributed by atoms with Crippen LogP contribution in [0.15, 0.2) is 42.6 Å². The summed E-state index contributed by atoms with van der Waals surface area (Å²) in [7, 11) is 0. The van der Waals surface area contributed by atoms with E-state index in [2.05, 4.69) is 25.8 Å². The Balaban J connectivity index is 2.15. The van der Waals surface area contributed by atoms with Crippen LogP contribution in [0.5, 0.6) is 0 Å². The highest BCUT2D eigenvalue weighted by Gasteiger charge is 2.18. The summed E-state index contributed by atoms with van der Waals surface area (Å²) in [5.74, 6) is 0. The molecule has 0 fully saturated rings. The van der Waals surface area contributed by atoms with Gasteiger partial charge < -0.3 is 0 Å². The van der Waals surface area contributed by atoms with Crippen molar-refractivity contribution >= 4 is 17.6 Å². The fraction of sp³-hybridized carbons (Fsp3) is 0.222. The van der Waals surface area contributed by atoms with Crippen molar-refractivity contribution in [2.75, 3.05) is 0 Å². The van der Waals surface area contributed by atoms with Crippen molar-refractivity contribution in [3.8, 4) is 11.3 Å². The number of benzene rings is 1. The van der Waals surface area contributed by atoms with Crippen LogP contribution in [0.25, 0.3) is 16.9 Å². The summed E-state index contributed by atoms with van der Waals surface area (Å²) < 4.78 is 1.46. The first-order chi connectivity index (χ1) is 11.3. The van der Waals surface area contributed by atoms with Crippen molar-refractivity contribution in [1.29, 1.82) is 0 Å². The quantitative estimate of drug-likeness (QED) is 0.414. The highest BCUT2D eigenvalue weighted by Crippen LogP contribution is 2.28. The van der Waals surface area contributed by atoms with Gasteiger partial charge in [0, 0.05) is 11.6 Å². The van der Waals surface area contributed by atoms with Crippen LogP contribution < -0.4 is 0 Å². The Labute approximate surface area is 138 Å². The van der Waals surface area contributed by atoms with E-state index in [1.165, 1.54) is 28.3 Å². The van der Waals surface area contributed by atoms with Gasteiger partial charge in [0.05, 0.1) is 11.1 Å². The van der Waals surface area contributed by atoms with E-state index in [9.17, 15) is 14.9 Å². The molecule has 0 atom stereocenters. The van der Waals surface area contributed by atoms with Gasteiger partial charge in [0.2, 0.25) is 0 Å². The third-order valence-electron chi connectivity index (χ3n) is 3.99. The maximum Gasteiger partial charge on any atom is 0.286 e. The molecule has 3 aromatic rings. The monoisotopic (exact) mass is 323 g/mol. The largest absolute Gasteiger partial charge is 0.296 e. The summed E-state index contributed by atoms with van der Waals surface area (Å²) in [6.45, 7) is 6.38. The van der Waals surface area contributed by atoms with E-state index in [1.807, 2.05) is 24.3 Å². The zero-order valence-corrected chi connectivity index (χ0v) is 13.7. The van der Waals surface area contributed by atoms with E-state index in [-0.39, 0.29) is 11.1 Å². The molecule has 0 saturated carbocycles. The highest BCUT2D eigenvalue weighted by atomic mass is 16.6. The number of aromatic nitrogens is 2. The molecule has 0 amide bonds. The third-order valence-corrected chi connectivity index (χ3v) is 3.99. The number of nitrogens with zero attached hydrogens (tertiary/aromatic N) is 3. The van der Waals surface area contributed by atoms with E-state index in [0.29, 0.717) is 23.3 Å². The fourth-order valence-electron chi connectivity index (χ4n) is 2.61. The Morgan fingerprint density at radius 2 is 1.79 bits per heavy atom. The second-order valence-corrected chi connectivity index (χ2v) is 6.66. The van der Waals surface area contributed by atoms with Gasteiger partial charge in [-0.1, -0.05) is 45.0 Å². The van der Waals surface area contributed by atoms with E-state index in [1.54, 1.807) is 0 Å². The lowest BCUT2D eigenvalue weighted by molar-refractivity contribution is -0.385. The van der Waals surface area contributed by atoms with Crippen LogP contribution in [-0.4, -0.2) is 20.6 Å². The van der Waals surface area contributed by atoms with Crippen LogP contribution in [0, 0.1) is 10.1 Å². The number of hydrogen-bond acceptors (Lipinski definition) is 4. The van der Waals surface area contributed by atoms with Gasteiger partial charge >= 0.3 is 0 Å². The number of imidazole rings is 1. The Hall–Kier alpha value is -3.02. The van der Waals surface area contributed by atoms with Crippen molar-refractivity contribution in [2.24, 2.45) is 0 Å². The van der Waals surface area contributed by atoms with Crippen LogP contribution in [-0.2, 0) is 5.41 Å². The molecule has 0 aliphatic carbocycles. The van der Waals surface area contributed by atoms with Gasteiger partial charge in [0.1, 0.15) is 17.0 Å². The first-order valence-corrected chi connectivity index (χ1v) is 7.54. The lowest BCUT2D eigenvalue weighted by atomic mass is 9.86. The predicted molar refractivity (Wildman–Crippen MR) is 91.4 cm³/mol. The molecule has 0 radical (unpaired) electrons. The molecule has 0 aliphatic rings. The SMILES string of the molecule is CC(C)(C)c1ccc(-c2nc3ccc([N+](=O)[O-])cn3c2C=O)cc1. The molecular formula is C18H17N3O3. The molecule has 0 aliphatic heterocycles. The van der Waals surface area contributed by atoms with Gasteiger partial charge in [0.25, 0.3) is 5.69 Å². The minimum atomic E-state index is -0.494. The Morgan fingerprint density at radius 3 is 2.33 bits per heavy atom. The lowest BCUT2D eigenvalue weighted by Gasteiger charge is -2.18. The molecule has 0 saturated heterocycles. The molecule has 24 heavy (non-hydrogen) atoms. The average molecular weight is 323 g/mol. The number of fused-ring (bicyclic) bond motifs is 1. The second kappa shape index (κ2) is 5.56. The molecule has 0 spiro atoms. The van der Waals surface area contributed by atoms with Gasteiger partial charge in [-0.05, 0) is 17.0 Å². The molecule has 0 unspecified atom stereocenters. The molecule has 0 N–H and O–H groups in total. The molecule has 2 heterocycles. The molecule has 6 heteroatoms. The summed E-state index contributed by atoms with van der Waals surface area (Å²) in [5.41, 5.74) is 3.25. The van der Waals surface area contributed by atoms with Gasteiger partial charge in [-0.15, -0.1) is 0 Å². The lowest BCUT2D eigenvalue weighted by Crippen LogP contribution is -2.10. The first-order valence-electron chi connectivity index (χ1n) is 7.54. The number of nitro groups is 1. The summed E-state index contributed by atoms with van der Waals surface area (Å²) in [4.78, 5) is 26.4. The maximum absolute atomic E-state index is 11.6. The van der Waals surface area contributed by atoms with Crippen LogP contribution in [0.1, 0.15) is 36.8 Å². The Kier molecular flexibility index (Phi) is 3.67. The number of aldehydes is 1. The molecule has 2 aromatic heterocycles. The third kappa shape index (κ3) is 2.67. The summed E-state index contributed by atoms with van der Waals surface area (Å²) in [5, 5.41) is 10.9. The van der Waals surface area contributed by atoms with Crippen molar-refractivity contribution in [3.05, 3.63) is 64.0 Å². The van der Waals surface area contributed by atoms with Crippen molar-refractivity contribution in [1.82, 2.24) is 9.38 Å². The summed E-state index contributed by atoms with van der Waals surface area (Å²) in [6, 6.07) is 10.8. The minimum Gasteiger partial charge on any atom is -0.296 e. The average Bonchev–Trinajstić information content (AvgIpc) is 2.91. The van der Waals surface area contributed by atoms with E-state index in [4.69, 9.17) is 0 Å². The van der Waals surface area contributed by atoms with Crippen molar-refractivity contribution < 1.29 is 9.72 Å². The van der Waals surface area contributed by atoms with Gasteiger partial charge in [-0.2, -0.15) is 0 Å². The van der Waals surface area contributed by atoms with Crippen molar-refractivity contribution in [3.63, 3.8) is 0 Å². The van der Waals surface area contributed by atoms with Crippen LogP contribution in [0.4, 0.5) is 5.69 Å². The molecule has 122 valence electrons. The molecule has 1 aromatic carbocycles. The maximum atomic E-state index is 11.6. The number of carbonyl (C=O) groups excluding carboxylic acids is 1. The van der Waals surface area contributed by atoms with Crippen LogP contribution in [0.3, 0.4) is 0 Å². The number of hydrogen-bond donors (Lipinski definition) is 0. The number of rotatable bonds is 3. The van der Waals surface area contributed by atoms with Gasteiger partial charge in [0.15, 0.2) is 6.29 Å². The molecular weight excluding hydrogens is 306 g/mol. The molecule has 0 bridgehead atoms. The number of pyridine rings is 1. The zero-order chi connectivity index (χ0) is 17.5. The first kappa shape index (κ1) is 15.9. The Bertz CT molecular complexity index is 935. The molecule has 6 nitrogen and oxygen atoms in total. The van der Waals surface area contributed by atoms with Crippen LogP contribution in [0.2, 0.25) is 0 Å². The van der Waals surface area contributed by atoms with Gasteiger partial charge in [-0.3, -0.25) is 19.3 Å². The van der Waals surface area contributed by atoms with E-state index in [0.717, 1.165) is 5.56 Å². The minimum absolute atomic E-state index is 0.0333. The van der Waals surface area contributed by atoms with Crippen molar-refractivity contribution in [2.45, 2.75) is 26.2 Å². The zero-order valence-electron chi connectivity index (χ0n) is 13.7. The topological polar surface area (TPSA) is 77.5 Å². The second-order valence-electron chi connectivity index (χ2n) is 6.66. The van der Waals surface area contributed by atoms with E-state index >= 15 is 0 Å². The fourth-order valence-corrected chi connectivity index (χ4v) is 2.61. The normalized spacial score (nSPS) is 11.6. The van der Waals surface area contributed by atoms with Gasteiger partial charge in [-0.25, -0.2) is 4.98 Å². The predicted octanol–water partition coefficient (Wildman–Crippen LogP) is 4.02. The smallest absolute Gasteiger partial charge is 0.286 e.